The van der Waals surface area contributed by atoms with E-state index in [1.165, 1.54) is 0 Å². The average Bonchev–Trinajstić information content (AvgIpc) is 2.26. The molecule has 1 heterocycles. The van der Waals surface area contributed by atoms with Crippen molar-refractivity contribution < 1.29 is 14.8 Å². The van der Waals surface area contributed by atoms with Crippen molar-refractivity contribution in [2.24, 2.45) is 5.92 Å². The summed E-state index contributed by atoms with van der Waals surface area (Å²) < 4.78 is 0. The number of rotatable bonds is 4. The standard InChI is InChI=1S/C11H13N3O4/c1-6-2-7(3-6)13-10-9(11(15)16)4-8(5-12-10)14(17)18/h4-7H,2-3H2,1H3,(H,12,13)(H,15,16). The van der Waals surface area contributed by atoms with Crippen molar-refractivity contribution in [3.8, 4) is 0 Å². The van der Waals surface area contributed by atoms with Crippen molar-refractivity contribution in [3.63, 3.8) is 0 Å². The van der Waals surface area contributed by atoms with Gasteiger partial charge in [0.05, 0.1) is 4.92 Å². The minimum Gasteiger partial charge on any atom is -0.478 e. The second kappa shape index (κ2) is 4.59. The monoisotopic (exact) mass is 251 g/mol. The first kappa shape index (κ1) is 12.3. The third-order valence-corrected chi connectivity index (χ3v) is 3.03. The van der Waals surface area contributed by atoms with Crippen LogP contribution in [0, 0.1) is 16.0 Å². The van der Waals surface area contributed by atoms with Crippen LogP contribution in [0.5, 0.6) is 0 Å². The summed E-state index contributed by atoms with van der Waals surface area (Å²) in [5, 5.41) is 22.6. The van der Waals surface area contributed by atoms with Gasteiger partial charge in [-0.05, 0) is 18.8 Å². The number of aromatic nitrogens is 1. The van der Waals surface area contributed by atoms with Gasteiger partial charge < -0.3 is 10.4 Å². The predicted molar refractivity (Wildman–Crippen MR) is 63.7 cm³/mol. The summed E-state index contributed by atoms with van der Waals surface area (Å²) in [4.78, 5) is 24.8. The van der Waals surface area contributed by atoms with E-state index in [1.807, 2.05) is 0 Å². The summed E-state index contributed by atoms with van der Waals surface area (Å²) in [6.07, 6.45) is 2.98. The van der Waals surface area contributed by atoms with Gasteiger partial charge in [-0.3, -0.25) is 10.1 Å². The predicted octanol–water partition coefficient (Wildman–Crippen LogP) is 1.90. The molecule has 0 amide bonds. The molecule has 1 fully saturated rings. The maximum Gasteiger partial charge on any atom is 0.339 e. The van der Waals surface area contributed by atoms with Crippen LogP contribution >= 0.6 is 0 Å². The quantitative estimate of drug-likeness (QED) is 0.625. The number of pyridine rings is 1. The Kier molecular flexibility index (Phi) is 3.14. The summed E-state index contributed by atoms with van der Waals surface area (Å²) >= 11 is 0. The molecule has 0 aromatic carbocycles. The number of carboxylic acids is 1. The van der Waals surface area contributed by atoms with Gasteiger partial charge in [-0.25, -0.2) is 9.78 Å². The highest BCUT2D eigenvalue weighted by atomic mass is 16.6. The molecule has 96 valence electrons. The van der Waals surface area contributed by atoms with Crippen molar-refractivity contribution in [1.82, 2.24) is 4.98 Å². The number of carboxylic acid groups (broad SMARTS) is 1. The Morgan fingerprint density at radius 1 is 1.61 bits per heavy atom. The second-order valence-electron chi connectivity index (χ2n) is 4.57. The molecule has 0 bridgehead atoms. The number of hydrogen-bond acceptors (Lipinski definition) is 5. The zero-order valence-electron chi connectivity index (χ0n) is 9.79. The van der Waals surface area contributed by atoms with E-state index in [4.69, 9.17) is 5.11 Å². The molecule has 0 aliphatic heterocycles. The molecule has 1 saturated carbocycles. The molecule has 1 aromatic heterocycles. The van der Waals surface area contributed by atoms with Crippen molar-refractivity contribution >= 4 is 17.5 Å². The van der Waals surface area contributed by atoms with Crippen LogP contribution in [0.25, 0.3) is 0 Å². The molecular weight excluding hydrogens is 238 g/mol. The van der Waals surface area contributed by atoms with E-state index < -0.39 is 10.9 Å². The zero-order chi connectivity index (χ0) is 13.3. The molecule has 0 spiro atoms. The van der Waals surface area contributed by atoms with E-state index in [0.717, 1.165) is 25.1 Å². The highest BCUT2D eigenvalue weighted by Crippen LogP contribution is 2.30. The van der Waals surface area contributed by atoms with Crippen LogP contribution in [-0.2, 0) is 0 Å². The molecule has 7 heteroatoms. The number of carbonyl (C=O) groups is 1. The van der Waals surface area contributed by atoms with Gasteiger partial charge in [0.2, 0.25) is 0 Å². The Morgan fingerprint density at radius 3 is 2.78 bits per heavy atom. The third-order valence-electron chi connectivity index (χ3n) is 3.03. The smallest absolute Gasteiger partial charge is 0.339 e. The van der Waals surface area contributed by atoms with E-state index in [2.05, 4.69) is 17.2 Å². The molecule has 2 N–H and O–H groups in total. The maximum atomic E-state index is 11.0. The van der Waals surface area contributed by atoms with Crippen molar-refractivity contribution in [1.29, 1.82) is 0 Å². The fraction of sp³-hybridized carbons (Fsp3) is 0.455. The highest BCUT2D eigenvalue weighted by molar-refractivity contribution is 5.93. The lowest BCUT2D eigenvalue weighted by Crippen LogP contribution is -2.34. The summed E-state index contributed by atoms with van der Waals surface area (Å²) in [5.74, 6) is -0.403. The van der Waals surface area contributed by atoms with Crippen LogP contribution in [0.2, 0.25) is 0 Å². The molecule has 2 rings (SSSR count). The fourth-order valence-electron chi connectivity index (χ4n) is 2.05. The summed E-state index contributed by atoms with van der Waals surface area (Å²) in [6.45, 7) is 2.11. The molecule has 1 aliphatic carbocycles. The molecule has 1 aliphatic rings. The number of nitro groups is 1. The molecular formula is C11H13N3O4. The molecule has 0 atom stereocenters. The van der Waals surface area contributed by atoms with Gasteiger partial charge in [0, 0.05) is 12.1 Å². The minimum absolute atomic E-state index is 0.163. The van der Waals surface area contributed by atoms with Gasteiger partial charge in [0.1, 0.15) is 17.6 Å². The highest BCUT2D eigenvalue weighted by Gasteiger charge is 2.27. The number of anilines is 1. The Labute approximate surface area is 103 Å². The van der Waals surface area contributed by atoms with Crippen LogP contribution in [0.1, 0.15) is 30.1 Å². The SMILES string of the molecule is CC1CC(Nc2ncc([N+](=O)[O-])cc2C(=O)O)C1. The van der Waals surface area contributed by atoms with Crippen molar-refractivity contribution in [2.75, 3.05) is 5.32 Å². The van der Waals surface area contributed by atoms with Gasteiger partial charge in [0.15, 0.2) is 0 Å². The molecule has 0 saturated heterocycles. The number of nitrogens with zero attached hydrogens (tertiary/aromatic N) is 2. The van der Waals surface area contributed by atoms with E-state index in [1.54, 1.807) is 0 Å². The molecule has 18 heavy (non-hydrogen) atoms. The summed E-state index contributed by atoms with van der Waals surface area (Å²) in [5.41, 5.74) is -0.483. The Balaban J connectivity index is 2.23. The van der Waals surface area contributed by atoms with Gasteiger partial charge in [0.25, 0.3) is 5.69 Å². The van der Waals surface area contributed by atoms with Gasteiger partial charge >= 0.3 is 5.97 Å². The number of hydrogen-bond donors (Lipinski definition) is 2. The lowest BCUT2D eigenvalue weighted by molar-refractivity contribution is -0.385. The van der Waals surface area contributed by atoms with E-state index >= 15 is 0 Å². The van der Waals surface area contributed by atoms with Crippen LogP contribution in [0.4, 0.5) is 11.5 Å². The average molecular weight is 251 g/mol. The minimum atomic E-state index is -1.22. The van der Waals surface area contributed by atoms with E-state index in [0.29, 0.717) is 5.92 Å². The van der Waals surface area contributed by atoms with Gasteiger partial charge in [-0.1, -0.05) is 6.92 Å². The molecule has 1 aromatic rings. The first-order valence-electron chi connectivity index (χ1n) is 5.61. The third kappa shape index (κ3) is 2.39. The fourth-order valence-corrected chi connectivity index (χ4v) is 2.05. The van der Waals surface area contributed by atoms with Gasteiger partial charge in [-0.15, -0.1) is 0 Å². The molecule has 0 radical (unpaired) electrons. The van der Waals surface area contributed by atoms with Crippen LogP contribution in [0.3, 0.4) is 0 Å². The van der Waals surface area contributed by atoms with E-state index in [-0.39, 0.29) is 23.1 Å². The van der Waals surface area contributed by atoms with E-state index in [9.17, 15) is 14.9 Å². The lowest BCUT2D eigenvalue weighted by atomic mass is 9.82. The van der Waals surface area contributed by atoms with Crippen molar-refractivity contribution in [2.45, 2.75) is 25.8 Å². The largest absolute Gasteiger partial charge is 0.478 e. The van der Waals surface area contributed by atoms with Crippen LogP contribution in [0.15, 0.2) is 12.3 Å². The van der Waals surface area contributed by atoms with Gasteiger partial charge in [-0.2, -0.15) is 0 Å². The van der Waals surface area contributed by atoms with Crippen LogP contribution in [-0.4, -0.2) is 27.0 Å². The Bertz CT molecular complexity index is 497. The molecule has 7 nitrogen and oxygen atoms in total. The summed E-state index contributed by atoms with van der Waals surface area (Å²) in [6, 6.07) is 1.23. The van der Waals surface area contributed by atoms with Crippen molar-refractivity contribution in [3.05, 3.63) is 27.9 Å². The number of nitrogens with one attached hydrogen (secondary N) is 1. The first-order valence-corrected chi connectivity index (χ1v) is 5.61. The van der Waals surface area contributed by atoms with Crippen LogP contribution < -0.4 is 5.32 Å². The lowest BCUT2D eigenvalue weighted by Gasteiger charge is -2.33. The summed E-state index contributed by atoms with van der Waals surface area (Å²) in [7, 11) is 0. The maximum absolute atomic E-state index is 11.0. The molecule has 0 unspecified atom stereocenters. The Morgan fingerprint density at radius 2 is 2.28 bits per heavy atom. The normalized spacial score (nSPS) is 22.1. The second-order valence-corrected chi connectivity index (χ2v) is 4.57. The Hall–Kier alpha value is -2.18. The zero-order valence-corrected chi connectivity index (χ0v) is 9.79. The topological polar surface area (TPSA) is 105 Å². The number of aromatic carboxylic acids is 1. The first-order chi connectivity index (χ1) is 8.47.